The lowest BCUT2D eigenvalue weighted by Gasteiger charge is -2.20. The van der Waals surface area contributed by atoms with Crippen molar-refractivity contribution in [1.82, 2.24) is 5.32 Å². The summed E-state index contributed by atoms with van der Waals surface area (Å²) in [6.45, 7) is 4.86. The van der Waals surface area contributed by atoms with Crippen LogP contribution < -0.4 is 5.32 Å². The van der Waals surface area contributed by atoms with Gasteiger partial charge in [0.15, 0.2) is 0 Å². The van der Waals surface area contributed by atoms with E-state index in [1.165, 1.54) is 199 Å². The van der Waals surface area contributed by atoms with Crippen molar-refractivity contribution in [3.63, 3.8) is 0 Å². The Balaban J connectivity index is 3.45. The lowest BCUT2D eigenvalue weighted by Crippen LogP contribution is -2.45. The highest BCUT2D eigenvalue weighted by molar-refractivity contribution is 5.76. The molecule has 0 aliphatic heterocycles. The number of ether oxygens (including phenoxy) is 1. The van der Waals surface area contributed by atoms with Gasteiger partial charge in [-0.25, -0.2) is 0 Å². The van der Waals surface area contributed by atoms with Gasteiger partial charge in [-0.15, -0.1) is 0 Å². The first-order valence-electron chi connectivity index (χ1n) is 27.8. The summed E-state index contributed by atoms with van der Waals surface area (Å²) >= 11 is 0. The number of hydrogen-bond acceptors (Lipinski definition) is 5. The van der Waals surface area contributed by atoms with Gasteiger partial charge < -0.3 is 20.3 Å². The van der Waals surface area contributed by atoms with Crippen molar-refractivity contribution >= 4 is 11.9 Å². The van der Waals surface area contributed by atoms with Gasteiger partial charge in [-0.2, -0.15) is 0 Å². The van der Waals surface area contributed by atoms with Crippen molar-refractivity contribution < 1.29 is 24.5 Å². The molecule has 0 aromatic rings. The van der Waals surface area contributed by atoms with Crippen LogP contribution in [0, 0.1) is 0 Å². The van der Waals surface area contributed by atoms with Gasteiger partial charge in [0, 0.05) is 12.8 Å². The third-order valence-corrected chi connectivity index (χ3v) is 12.7. The van der Waals surface area contributed by atoms with Gasteiger partial charge in [-0.3, -0.25) is 9.59 Å². The third kappa shape index (κ3) is 49.4. The van der Waals surface area contributed by atoms with E-state index in [9.17, 15) is 19.8 Å². The second-order valence-electron chi connectivity index (χ2n) is 18.9. The molecule has 2 atom stereocenters. The third-order valence-electron chi connectivity index (χ3n) is 12.7. The number of esters is 1. The Morgan fingerprint density at radius 3 is 1.22 bits per heavy atom. The van der Waals surface area contributed by atoms with Crippen LogP contribution in [0.3, 0.4) is 0 Å². The Hall–Kier alpha value is -1.92. The SMILES string of the molecule is CCCCCC/C=C\C/C=C\CCCCCCCCCC(=O)OCCCCCCCCCCCCCCCCCC(=O)NC(CO)C(O)/C=C/CCCCCCCCCCCCC. The molecule has 0 saturated carbocycles. The Morgan fingerprint density at radius 1 is 0.444 bits per heavy atom. The van der Waals surface area contributed by atoms with E-state index in [1.54, 1.807) is 6.08 Å². The second kappa shape index (κ2) is 52.7. The number of amides is 1. The number of unbranched alkanes of at least 4 members (excludes halogenated alkanes) is 36. The van der Waals surface area contributed by atoms with Crippen molar-refractivity contribution in [2.75, 3.05) is 13.2 Å². The number of rotatable bonds is 51. The lowest BCUT2D eigenvalue weighted by atomic mass is 10.0. The first kappa shape index (κ1) is 61.1. The Labute approximate surface area is 392 Å². The van der Waals surface area contributed by atoms with Crippen LogP contribution in [0.4, 0.5) is 0 Å². The van der Waals surface area contributed by atoms with Gasteiger partial charge >= 0.3 is 5.97 Å². The Bertz CT molecular complexity index is 1020. The highest BCUT2D eigenvalue weighted by Gasteiger charge is 2.18. The van der Waals surface area contributed by atoms with Gasteiger partial charge in [0.05, 0.1) is 25.4 Å². The van der Waals surface area contributed by atoms with Gasteiger partial charge in [0.2, 0.25) is 5.91 Å². The minimum absolute atomic E-state index is 0.00814. The fourth-order valence-corrected chi connectivity index (χ4v) is 8.37. The molecule has 0 radical (unpaired) electrons. The topological polar surface area (TPSA) is 95.9 Å². The molecule has 0 aliphatic rings. The quantitative estimate of drug-likeness (QED) is 0.0321. The van der Waals surface area contributed by atoms with Crippen molar-refractivity contribution in [2.24, 2.45) is 0 Å². The van der Waals surface area contributed by atoms with Crippen molar-refractivity contribution in [3.8, 4) is 0 Å². The molecule has 0 rings (SSSR count). The molecule has 2 unspecified atom stereocenters. The Morgan fingerprint density at radius 2 is 0.794 bits per heavy atom. The van der Waals surface area contributed by atoms with E-state index in [4.69, 9.17) is 4.74 Å². The zero-order chi connectivity index (χ0) is 45.8. The summed E-state index contributed by atoms with van der Waals surface area (Å²) in [7, 11) is 0. The summed E-state index contributed by atoms with van der Waals surface area (Å²) in [6, 6.07) is -0.634. The van der Waals surface area contributed by atoms with Crippen LogP contribution in [0.2, 0.25) is 0 Å². The molecule has 370 valence electrons. The van der Waals surface area contributed by atoms with Crippen LogP contribution in [0.5, 0.6) is 0 Å². The normalized spacial score (nSPS) is 12.9. The number of allylic oxidation sites excluding steroid dienone is 5. The lowest BCUT2D eigenvalue weighted by molar-refractivity contribution is -0.143. The molecule has 1 amide bonds. The molecule has 0 bridgehead atoms. The average molecular weight is 886 g/mol. The van der Waals surface area contributed by atoms with Gasteiger partial charge in [-0.1, -0.05) is 249 Å². The largest absolute Gasteiger partial charge is 0.466 e. The fourth-order valence-electron chi connectivity index (χ4n) is 8.37. The number of carbonyl (C=O) groups excluding carboxylic acids is 2. The smallest absolute Gasteiger partial charge is 0.305 e. The van der Waals surface area contributed by atoms with E-state index in [-0.39, 0.29) is 18.5 Å². The zero-order valence-electron chi connectivity index (χ0n) is 42.1. The van der Waals surface area contributed by atoms with Crippen LogP contribution in [0.1, 0.15) is 290 Å². The van der Waals surface area contributed by atoms with Crippen molar-refractivity contribution in [3.05, 3.63) is 36.5 Å². The summed E-state index contributed by atoms with van der Waals surface area (Å²) in [5.74, 6) is -0.0854. The van der Waals surface area contributed by atoms with E-state index >= 15 is 0 Å². The Kier molecular flexibility index (Phi) is 51.1. The van der Waals surface area contributed by atoms with Crippen LogP contribution in [0.25, 0.3) is 0 Å². The maximum absolute atomic E-state index is 12.4. The predicted molar refractivity (Wildman–Crippen MR) is 273 cm³/mol. The van der Waals surface area contributed by atoms with Gasteiger partial charge in [0.25, 0.3) is 0 Å². The standard InChI is InChI=1S/C57H107NO5/c1-3-5-7-9-11-13-15-17-18-19-20-23-27-31-35-39-43-47-51-57(62)63-52-48-44-40-36-32-28-24-21-22-26-30-34-38-42-46-50-56(61)58-54(53-59)55(60)49-45-41-37-33-29-25-16-14-12-10-8-6-4-2/h13,15,18-19,45,49,54-55,59-60H,3-12,14,16-17,20-44,46-48,50-53H2,1-2H3,(H,58,61)/b15-13-,19-18-,49-45+. The van der Waals surface area contributed by atoms with E-state index in [2.05, 4.69) is 43.5 Å². The van der Waals surface area contributed by atoms with E-state index in [0.29, 0.717) is 19.4 Å². The van der Waals surface area contributed by atoms with Crippen molar-refractivity contribution in [2.45, 2.75) is 302 Å². The number of hydrogen-bond donors (Lipinski definition) is 3. The molecule has 6 nitrogen and oxygen atoms in total. The fraction of sp³-hybridized carbons (Fsp3) is 0.860. The molecule has 0 aromatic heterocycles. The summed E-state index contributed by atoms with van der Waals surface area (Å²) in [5, 5.41) is 23.0. The number of nitrogens with one attached hydrogen (secondary N) is 1. The van der Waals surface area contributed by atoms with Crippen molar-refractivity contribution in [1.29, 1.82) is 0 Å². The molecular weight excluding hydrogens is 779 g/mol. The average Bonchev–Trinajstić information content (AvgIpc) is 3.28. The van der Waals surface area contributed by atoms with Crippen LogP contribution in [0.15, 0.2) is 36.5 Å². The minimum Gasteiger partial charge on any atom is -0.466 e. The minimum atomic E-state index is -0.850. The first-order chi connectivity index (χ1) is 31.0. The molecule has 63 heavy (non-hydrogen) atoms. The second-order valence-corrected chi connectivity index (χ2v) is 18.9. The number of aliphatic hydroxyl groups is 2. The van der Waals surface area contributed by atoms with Crippen LogP contribution in [-0.4, -0.2) is 47.4 Å². The summed E-state index contributed by atoms with van der Waals surface area (Å²) in [5.41, 5.74) is 0. The molecular formula is C57H107NO5. The molecule has 0 spiro atoms. The summed E-state index contributed by atoms with van der Waals surface area (Å²) in [6.07, 6.45) is 64.3. The molecule has 0 aromatic carbocycles. The molecule has 0 heterocycles. The van der Waals surface area contributed by atoms with Crippen LogP contribution >= 0.6 is 0 Å². The zero-order valence-corrected chi connectivity index (χ0v) is 42.1. The highest BCUT2D eigenvalue weighted by Crippen LogP contribution is 2.16. The van der Waals surface area contributed by atoms with E-state index in [1.807, 2.05) is 6.08 Å². The molecule has 0 aliphatic carbocycles. The summed E-state index contributed by atoms with van der Waals surface area (Å²) in [4.78, 5) is 24.5. The molecule has 0 saturated heterocycles. The first-order valence-corrected chi connectivity index (χ1v) is 27.8. The molecule has 3 N–H and O–H groups in total. The maximum atomic E-state index is 12.4. The monoisotopic (exact) mass is 886 g/mol. The van der Waals surface area contributed by atoms with E-state index < -0.39 is 12.1 Å². The predicted octanol–water partition coefficient (Wildman–Crippen LogP) is 16.9. The molecule has 6 heteroatoms. The van der Waals surface area contributed by atoms with Crippen LogP contribution in [-0.2, 0) is 14.3 Å². The highest BCUT2D eigenvalue weighted by atomic mass is 16.5. The molecule has 0 fully saturated rings. The summed E-state index contributed by atoms with van der Waals surface area (Å²) < 4.78 is 5.48. The maximum Gasteiger partial charge on any atom is 0.305 e. The number of aliphatic hydroxyl groups excluding tert-OH is 2. The van der Waals surface area contributed by atoms with Gasteiger partial charge in [0.1, 0.15) is 0 Å². The van der Waals surface area contributed by atoms with E-state index in [0.717, 1.165) is 64.2 Å². The number of carbonyl (C=O) groups is 2. The van der Waals surface area contributed by atoms with Gasteiger partial charge in [-0.05, 0) is 64.2 Å².